The van der Waals surface area contributed by atoms with Gasteiger partial charge in [0.25, 0.3) is 5.91 Å². The largest absolute Gasteiger partial charge is 0.352 e. The summed E-state index contributed by atoms with van der Waals surface area (Å²) in [4.78, 5) is 19.9. The maximum Gasteiger partial charge on any atom is 0.252 e. The minimum atomic E-state index is -3.34. The fourth-order valence-corrected chi connectivity index (χ4v) is 3.36. The molecule has 0 saturated carbocycles. The van der Waals surface area contributed by atoms with Crippen LogP contribution in [0.4, 0.5) is 0 Å². The van der Waals surface area contributed by atoms with Crippen LogP contribution >= 0.6 is 15.9 Å². The molecule has 2 heterocycles. The van der Waals surface area contributed by atoms with E-state index in [-0.39, 0.29) is 12.5 Å². The number of carbonyl (C=O) groups is 1. The van der Waals surface area contributed by atoms with Crippen LogP contribution in [0, 0.1) is 0 Å². The molecule has 7 nitrogen and oxygen atoms in total. The second kappa shape index (κ2) is 9.02. The van der Waals surface area contributed by atoms with Crippen molar-refractivity contribution in [3.8, 4) is 0 Å². The summed E-state index contributed by atoms with van der Waals surface area (Å²) in [5.74, 6) is -0.244. The highest BCUT2D eigenvalue weighted by Crippen LogP contribution is 2.10. The lowest BCUT2D eigenvalue weighted by molar-refractivity contribution is 0.0952. The van der Waals surface area contributed by atoms with E-state index in [4.69, 9.17) is 0 Å². The van der Waals surface area contributed by atoms with Gasteiger partial charge in [0.2, 0.25) is 10.0 Å². The van der Waals surface area contributed by atoms with Gasteiger partial charge in [-0.2, -0.15) is 4.31 Å². The lowest BCUT2D eigenvalue weighted by Gasteiger charge is -2.20. The molecule has 0 radical (unpaired) electrons. The van der Waals surface area contributed by atoms with Crippen LogP contribution in [0.1, 0.15) is 22.3 Å². The topological polar surface area (TPSA) is 92.3 Å². The van der Waals surface area contributed by atoms with E-state index >= 15 is 0 Å². The molecule has 0 aliphatic heterocycles. The Labute approximate surface area is 155 Å². The molecule has 0 spiro atoms. The Morgan fingerprint density at radius 1 is 1.28 bits per heavy atom. The Morgan fingerprint density at radius 3 is 2.72 bits per heavy atom. The van der Waals surface area contributed by atoms with Gasteiger partial charge in [0.15, 0.2) is 0 Å². The first-order chi connectivity index (χ1) is 11.9. The van der Waals surface area contributed by atoms with Gasteiger partial charge >= 0.3 is 0 Å². The van der Waals surface area contributed by atoms with Crippen molar-refractivity contribution in [1.29, 1.82) is 0 Å². The third-order valence-corrected chi connectivity index (χ3v) is 5.07. The van der Waals surface area contributed by atoms with E-state index in [0.717, 1.165) is 10.0 Å². The molecule has 2 aromatic heterocycles. The van der Waals surface area contributed by atoms with Crippen LogP contribution in [0.2, 0.25) is 0 Å². The fourth-order valence-electron chi connectivity index (χ4n) is 2.15. The van der Waals surface area contributed by atoms with E-state index in [1.54, 1.807) is 30.7 Å². The molecule has 0 unspecified atom stereocenters. The molecule has 0 bridgehead atoms. The van der Waals surface area contributed by atoms with Crippen LogP contribution in [0.15, 0.2) is 47.5 Å². The van der Waals surface area contributed by atoms with Crippen molar-refractivity contribution in [1.82, 2.24) is 19.6 Å². The quantitative estimate of drug-likeness (QED) is 0.649. The Bertz CT molecular complexity index is 815. The number of pyridine rings is 2. The molecule has 0 fully saturated rings. The van der Waals surface area contributed by atoms with Crippen LogP contribution in [0.3, 0.4) is 0 Å². The van der Waals surface area contributed by atoms with Crippen molar-refractivity contribution in [2.75, 3.05) is 19.3 Å². The number of aromatic nitrogens is 2. The molecule has 0 atom stereocenters. The molecule has 134 valence electrons. The molecular weight excluding hydrogens is 408 g/mol. The maximum atomic E-state index is 12.0. The molecule has 0 aromatic carbocycles. The van der Waals surface area contributed by atoms with Gasteiger partial charge in [-0.25, -0.2) is 8.42 Å². The van der Waals surface area contributed by atoms with Crippen molar-refractivity contribution in [3.05, 3.63) is 58.6 Å². The van der Waals surface area contributed by atoms with E-state index in [0.29, 0.717) is 25.1 Å². The average molecular weight is 427 g/mol. The highest BCUT2D eigenvalue weighted by molar-refractivity contribution is 9.10. The zero-order valence-corrected chi connectivity index (χ0v) is 16.1. The number of rotatable bonds is 8. The SMILES string of the molecule is CS(=O)(=O)N(CCCNC(=O)c1cncc(Br)c1)Cc1cccnc1. The van der Waals surface area contributed by atoms with Gasteiger partial charge in [0.1, 0.15) is 0 Å². The second-order valence-electron chi connectivity index (χ2n) is 5.46. The number of nitrogens with one attached hydrogen (secondary N) is 1. The molecule has 0 saturated heterocycles. The maximum absolute atomic E-state index is 12.0. The summed E-state index contributed by atoms with van der Waals surface area (Å²) < 4.78 is 25.9. The molecule has 2 rings (SSSR count). The van der Waals surface area contributed by atoms with E-state index in [9.17, 15) is 13.2 Å². The third-order valence-electron chi connectivity index (χ3n) is 3.39. The van der Waals surface area contributed by atoms with Gasteiger partial charge in [-0.15, -0.1) is 0 Å². The normalized spacial score (nSPS) is 11.5. The second-order valence-corrected chi connectivity index (χ2v) is 8.36. The number of carbonyl (C=O) groups excluding carboxylic acids is 1. The highest BCUT2D eigenvalue weighted by Gasteiger charge is 2.17. The minimum absolute atomic E-state index is 0.244. The number of nitrogens with zero attached hydrogens (tertiary/aromatic N) is 3. The first-order valence-corrected chi connectivity index (χ1v) is 10.2. The van der Waals surface area contributed by atoms with Gasteiger partial charge in [-0.3, -0.25) is 14.8 Å². The van der Waals surface area contributed by atoms with Gasteiger partial charge in [0.05, 0.1) is 11.8 Å². The first-order valence-electron chi connectivity index (χ1n) is 7.59. The molecule has 9 heteroatoms. The third kappa shape index (κ3) is 6.52. The molecule has 2 aromatic rings. The van der Waals surface area contributed by atoms with E-state index in [1.807, 2.05) is 6.07 Å². The predicted octanol–water partition coefficient (Wildman–Crippen LogP) is 1.82. The molecule has 25 heavy (non-hydrogen) atoms. The van der Waals surface area contributed by atoms with Gasteiger partial charge < -0.3 is 5.32 Å². The smallest absolute Gasteiger partial charge is 0.252 e. The molecule has 0 aliphatic rings. The van der Waals surface area contributed by atoms with E-state index in [2.05, 4.69) is 31.2 Å². The molecule has 1 N–H and O–H groups in total. The number of amides is 1. The zero-order valence-electron chi connectivity index (χ0n) is 13.7. The number of hydrogen-bond donors (Lipinski definition) is 1. The van der Waals surface area contributed by atoms with Crippen LogP contribution in [0.25, 0.3) is 0 Å². The van der Waals surface area contributed by atoms with Crippen molar-refractivity contribution in [2.24, 2.45) is 0 Å². The monoisotopic (exact) mass is 426 g/mol. The zero-order chi connectivity index (χ0) is 18.3. The van der Waals surface area contributed by atoms with Gasteiger partial charge in [-0.1, -0.05) is 6.07 Å². The molecule has 0 aliphatic carbocycles. The highest BCUT2D eigenvalue weighted by atomic mass is 79.9. The van der Waals surface area contributed by atoms with Crippen molar-refractivity contribution in [3.63, 3.8) is 0 Å². The fraction of sp³-hybridized carbons (Fsp3) is 0.312. The van der Waals surface area contributed by atoms with Crippen LogP contribution in [-0.2, 0) is 16.6 Å². The van der Waals surface area contributed by atoms with E-state index < -0.39 is 10.0 Å². The number of sulfonamides is 1. The number of hydrogen-bond acceptors (Lipinski definition) is 5. The summed E-state index contributed by atoms with van der Waals surface area (Å²) in [7, 11) is -3.34. The first kappa shape index (κ1) is 19.5. The van der Waals surface area contributed by atoms with Crippen LogP contribution in [0.5, 0.6) is 0 Å². The Morgan fingerprint density at radius 2 is 2.08 bits per heavy atom. The predicted molar refractivity (Wildman–Crippen MR) is 98.4 cm³/mol. The molecular formula is C16H19BrN4O3S. The van der Waals surface area contributed by atoms with Crippen LogP contribution < -0.4 is 5.32 Å². The summed E-state index contributed by atoms with van der Waals surface area (Å²) in [6, 6.07) is 5.27. The van der Waals surface area contributed by atoms with E-state index in [1.165, 1.54) is 16.8 Å². The Balaban J connectivity index is 1.86. The minimum Gasteiger partial charge on any atom is -0.352 e. The summed E-state index contributed by atoms with van der Waals surface area (Å²) in [5.41, 5.74) is 1.27. The lowest BCUT2D eigenvalue weighted by Crippen LogP contribution is -2.33. The molecule has 1 amide bonds. The lowest BCUT2D eigenvalue weighted by atomic mass is 10.2. The summed E-state index contributed by atoms with van der Waals surface area (Å²) in [6.45, 7) is 0.936. The Kier molecular flexibility index (Phi) is 7.03. The van der Waals surface area contributed by atoms with Gasteiger partial charge in [0, 0.05) is 48.9 Å². The average Bonchev–Trinajstić information content (AvgIpc) is 2.57. The van der Waals surface area contributed by atoms with Crippen molar-refractivity contribution in [2.45, 2.75) is 13.0 Å². The van der Waals surface area contributed by atoms with Crippen LogP contribution in [-0.4, -0.2) is 47.9 Å². The standard InChI is InChI=1S/C16H19BrN4O3S/c1-25(23,24)21(12-13-4-2-5-18-9-13)7-3-6-20-16(22)14-8-15(17)11-19-10-14/h2,4-5,8-11H,3,6-7,12H2,1H3,(H,20,22). The summed E-state index contributed by atoms with van der Waals surface area (Å²) >= 11 is 3.26. The van der Waals surface area contributed by atoms with Crippen molar-refractivity contribution < 1.29 is 13.2 Å². The number of halogens is 1. The summed E-state index contributed by atoms with van der Waals surface area (Å²) in [5, 5.41) is 2.76. The van der Waals surface area contributed by atoms with Crippen molar-refractivity contribution >= 4 is 31.9 Å². The Hall–Kier alpha value is -1.84. The van der Waals surface area contributed by atoms with Gasteiger partial charge in [-0.05, 0) is 40.0 Å². The summed E-state index contributed by atoms with van der Waals surface area (Å²) in [6.07, 6.45) is 8.03.